The number of aromatic hydroxyl groups is 1. The van der Waals surface area contributed by atoms with Crippen LogP contribution >= 0.6 is 0 Å². The van der Waals surface area contributed by atoms with Gasteiger partial charge in [-0.3, -0.25) is 5.10 Å². The van der Waals surface area contributed by atoms with Gasteiger partial charge in [0.15, 0.2) is 0 Å². The number of fused-ring (bicyclic) bond motifs is 1. The normalized spacial score (nSPS) is 9.50. The quantitative estimate of drug-likeness (QED) is 0.602. The minimum atomic E-state index is 0.323. The van der Waals surface area contributed by atoms with E-state index < -0.39 is 0 Å². The van der Waals surface area contributed by atoms with E-state index in [9.17, 15) is 0 Å². The number of nitrogens with zero attached hydrogens (tertiary/aromatic N) is 2. The highest BCUT2D eigenvalue weighted by molar-refractivity contribution is 5.83. The van der Waals surface area contributed by atoms with Gasteiger partial charge in [-0.1, -0.05) is 35.5 Å². The molecule has 16 heavy (non-hydrogen) atoms. The van der Waals surface area contributed by atoms with E-state index in [0.717, 1.165) is 10.8 Å². The average molecular weight is 213 g/mol. The molecule has 80 valence electrons. The number of hydrogen-bond donors (Lipinski definition) is 2. The number of nitrogens with one attached hydrogen (secondary N) is 1. The first-order chi connectivity index (χ1) is 7.86. The third kappa shape index (κ3) is 2.57. The molecular weight excluding hydrogens is 202 g/mol. The Morgan fingerprint density at radius 3 is 2.44 bits per heavy atom. The summed E-state index contributed by atoms with van der Waals surface area (Å²) in [4.78, 5) is 0. The molecule has 0 radical (unpaired) electrons. The topological polar surface area (TPSA) is 61.8 Å². The van der Waals surface area contributed by atoms with Crippen molar-refractivity contribution in [2.75, 3.05) is 0 Å². The fraction of sp³-hybridized carbons (Fsp3) is 0. The zero-order valence-electron chi connectivity index (χ0n) is 8.54. The summed E-state index contributed by atoms with van der Waals surface area (Å²) >= 11 is 0. The van der Waals surface area contributed by atoms with Gasteiger partial charge in [-0.05, 0) is 22.9 Å². The van der Waals surface area contributed by atoms with Crippen LogP contribution in [0.3, 0.4) is 0 Å². The van der Waals surface area contributed by atoms with Gasteiger partial charge in [0.05, 0.1) is 6.20 Å². The van der Waals surface area contributed by atoms with Gasteiger partial charge in [-0.15, -0.1) is 5.10 Å². The van der Waals surface area contributed by atoms with Gasteiger partial charge in [-0.2, -0.15) is 0 Å². The lowest BCUT2D eigenvalue weighted by molar-refractivity contribution is 0.476. The van der Waals surface area contributed by atoms with Crippen LogP contribution in [-0.4, -0.2) is 20.5 Å². The molecule has 0 fully saturated rings. The second-order valence-electron chi connectivity index (χ2n) is 3.19. The molecule has 0 aliphatic carbocycles. The van der Waals surface area contributed by atoms with E-state index >= 15 is 0 Å². The van der Waals surface area contributed by atoms with Crippen LogP contribution in [0.4, 0.5) is 0 Å². The number of phenolic OH excluding ortho intramolecular Hbond substituents is 1. The van der Waals surface area contributed by atoms with Gasteiger partial charge in [-0.25, -0.2) is 0 Å². The number of H-pyrrole nitrogens is 1. The molecule has 2 N–H and O–H groups in total. The van der Waals surface area contributed by atoms with Gasteiger partial charge < -0.3 is 5.11 Å². The Kier molecular flexibility index (Phi) is 3.13. The largest absolute Gasteiger partial charge is 0.508 e. The fourth-order valence-corrected chi connectivity index (χ4v) is 1.34. The smallest absolute Gasteiger partial charge is 0.116 e. The first-order valence-electron chi connectivity index (χ1n) is 4.84. The minimum absolute atomic E-state index is 0.323. The molecule has 0 spiro atoms. The molecule has 3 rings (SSSR count). The average Bonchev–Trinajstić information content (AvgIpc) is 2.87. The van der Waals surface area contributed by atoms with Crippen molar-refractivity contribution in [3.05, 3.63) is 54.9 Å². The third-order valence-corrected chi connectivity index (χ3v) is 2.06. The molecule has 0 unspecified atom stereocenters. The molecule has 1 heterocycles. The Morgan fingerprint density at radius 1 is 1.00 bits per heavy atom. The highest BCUT2D eigenvalue weighted by Gasteiger charge is 1.91. The van der Waals surface area contributed by atoms with E-state index in [1.807, 2.05) is 30.3 Å². The van der Waals surface area contributed by atoms with Crippen LogP contribution in [0.1, 0.15) is 0 Å². The Morgan fingerprint density at radius 2 is 1.81 bits per heavy atom. The van der Waals surface area contributed by atoms with E-state index in [1.165, 1.54) is 0 Å². The first kappa shape index (κ1) is 10.2. The predicted octanol–water partition coefficient (Wildman–Crippen LogP) is 2.35. The first-order valence-corrected chi connectivity index (χ1v) is 4.84. The van der Waals surface area contributed by atoms with Crippen molar-refractivity contribution < 1.29 is 5.11 Å². The number of rotatable bonds is 0. The van der Waals surface area contributed by atoms with Crippen molar-refractivity contribution in [2.45, 2.75) is 0 Å². The van der Waals surface area contributed by atoms with Gasteiger partial charge in [0.1, 0.15) is 5.75 Å². The zero-order chi connectivity index (χ0) is 11.2. The van der Waals surface area contributed by atoms with Crippen LogP contribution in [0, 0.1) is 0 Å². The summed E-state index contributed by atoms with van der Waals surface area (Å²) in [7, 11) is 0. The number of benzene rings is 2. The van der Waals surface area contributed by atoms with E-state index in [-0.39, 0.29) is 0 Å². The molecule has 4 heteroatoms. The maximum atomic E-state index is 9.13. The summed E-state index contributed by atoms with van der Waals surface area (Å²) in [6.45, 7) is 0. The van der Waals surface area contributed by atoms with Crippen LogP contribution < -0.4 is 0 Å². The van der Waals surface area contributed by atoms with Crippen molar-refractivity contribution in [1.29, 1.82) is 0 Å². The lowest BCUT2D eigenvalue weighted by Crippen LogP contribution is -1.69. The molecule has 0 bridgehead atoms. The van der Waals surface area contributed by atoms with Gasteiger partial charge >= 0.3 is 0 Å². The van der Waals surface area contributed by atoms with Crippen molar-refractivity contribution in [3.63, 3.8) is 0 Å². The fourth-order valence-electron chi connectivity index (χ4n) is 1.34. The van der Waals surface area contributed by atoms with Crippen LogP contribution in [-0.2, 0) is 0 Å². The monoisotopic (exact) mass is 213 g/mol. The standard InChI is InChI=1S/C10H8O.C2H3N3/c11-10-6-5-8-3-1-2-4-9(8)7-10;1-2-4-5-3-1/h1-7,11H;1-2H,(H,3,4,5). The van der Waals surface area contributed by atoms with Crippen LogP contribution in [0.5, 0.6) is 5.75 Å². The summed E-state index contributed by atoms with van der Waals surface area (Å²) in [6.07, 6.45) is 3.24. The van der Waals surface area contributed by atoms with Crippen molar-refractivity contribution >= 4 is 10.8 Å². The number of hydrogen-bond acceptors (Lipinski definition) is 3. The summed E-state index contributed by atoms with van der Waals surface area (Å²) in [6, 6.07) is 13.3. The molecule has 0 saturated carbocycles. The highest BCUT2D eigenvalue weighted by atomic mass is 16.3. The van der Waals surface area contributed by atoms with Crippen molar-refractivity contribution in [2.24, 2.45) is 0 Å². The molecule has 0 saturated heterocycles. The Hall–Kier alpha value is -2.36. The van der Waals surface area contributed by atoms with Crippen molar-refractivity contribution in [1.82, 2.24) is 15.4 Å². The van der Waals surface area contributed by atoms with E-state index in [0.29, 0.717) is 5.75 Å². The van der Waals surface area contributed by atoms with Gasteiger partial charge in [0.2, 0.25) is 0 Å². The van der Waals surface area contributed by atoms with E-state index in [4.69, 9.17) is 5.11 Å². The summed E-state index contributed by atoms with van der Waals surface area (Å²) < 4.78 is 0. The molecule has 0 aliphatic rings. The molecular formula is C12H11N3O. The molecule has 4 nitrogen and oxygen atoms in total. The lowest BCUT2D eigenvalue weighted by Gasteiger charge is -1.96. The van der Waals surface area contributed by atoms with Crippen LogP contribution in [0.25, 0.3) is 10.8 Å². The Balaban J connectivity index is 0.000000162. The molecule has 2 aromatic carbocycles. The van der Waals surface area contributed by atoms with Crippen LogP contribution in [0.15, 0.2) is 54.9 Å². The van der Waals surface area contributed by atoms with Crippen LogP contribution in [0.2, 0.25) is 0 Å². The minimum Gasteiger partial charge on any atom is -0.508 e. The second kappa shape index (κ2) is 4.93. The zero-order valence-corrected chi connectivity index (χ0v) is 8.54. The van der Waals surface area contributed by atoms with E-state index in [1.54, 1.807) is 24.5 Å². The second-order valence-corrected chi connectivity index (χ2v) is 3.19. The lowest BCUT2D eigenvalue weighted by atomic mass is 10.1. The number of aromatic nitrogens is 3. The maximum absolute atomic E-state index is 9.13. The Labute approximate surface area is 92.6 Å². The molecule has 0 amide bonds. The maximum Gasteiger partial charge on any atom is 0.116 e. The van der Waals surface area contributed by atoms with Crippen molar-refractivity contribution in [3.8, 4) is 5.75 Å². The molecule has 0 atom stereocenters. The summed E-state index contributed by atoms with van der Waals surface area (Å²) in [5.74, 6) is 0.323. The highest BCUT2D eigenvalue weighted by Crippen LogP contribution is 2.18. The van der Waals surface area contributed by atoms with Gasteiger partial charge in [0, 0.05) is 6.20 Å². The van der Waals surface area contributed by atoms with Gasteiger partial charge in [0.25, 0.3) is 0 Å². The molecule has 0 aliphatic heterocycles. The number of phenols is 1. The number of aromatic amines is 1. The Bertz CT molecular complexity index is 532. The SMILES string of the molecule is Oc1ccc2ccccc2c1.c1c[nH]nn1. The predicted molar refractivity (Wildman–Crippen MR) is 62.0 cm³/mol. The summed E-state index contributed by atoms with van der Waals surface area (Å²) in [5, 5.41) is 20.6. The summed E-state index contributed by atoms with van der Waals surface area (Å²) in [5.41, 5.74) is 0. The molecule has 1 aromatic heterocycles. The van der Waals surface area contributed by atoms with E-state index in [2.05, 4.69) is 15.4 Å². The molecule has 3 aromatic rings. The third-order valence-electron chi connectivity index (χ3n) is 2.06.